The van der Waals surface area contributed by atoms with E-state index in [1.165, 1.54) is 0 Å². The highest BCUT2D eigenvalue weighted by Crippen LogP contribution is 2.39. The van der Waals surface area contributed by atoms with Crippen LogP contribution < -0.4 is 11.1 Å². The Morgan fingerprint density at radius 1 is 1.14 bits per heavy atom. The maximum atomic E-state index is 13.2. The van der Waals surface area contributed by atoms with Crippen LogP contribution in [0.3, 0.4) is 0 Å². The van der Waals surface area contributed by atoms with E-state index in [0.717, 1.165) is 12.8 Å². The fourth-order valence-corrected chi connectivity index (χ4v) is 3.42. The first kappa shape index (κ1) is 20.4. The topological polar surface area (TPSA) is 83.8 Å². The summed E-state index contributed by atoms with van der Waals surface area (Å²) in [6.45, 7) is -0.241. The Morgan fingerprint density at radius 2 is 1.82 bits per heavy atom. The number of hydrogen-bond acceptors (Lipinski definition) is 3. The highest BCUT2D eigenvalue weighted by atomic mass is 19.4. The molecule has 2 atom stereocenters. The van der Waals surface area contributed by atoms with Crippen molar-refractivity contribution in [1.29, 1.82) is 0 Å². The van der Waals surface area contributed by atoms with Gasteiger partial charge < -0.3 is 16.0 Å². The van der Waals surface area contributed by atoms with Crippen LogP contribution in [-0.2, 0) is 23.7 Å². The Hall–Kier alpha value is -2.30. The number of rotatable bonds is 3. The van der Waals surface area contributed by atoms with Gasteiger partial charge >= 0.3 is 12.4 Å². The van der Waals surface area contributed by atoms with Gasteiger partial charge in [0.2, 0.25) is 5.91 Å². The standard InChI is InChI=1S/C17H18F6N4O/c18-16(19,20)8-5-10(17(21,22)23)14-12(6-8)26-13(27-14)7-25-15(28)9-3-1-2-4-11(9)24/h5-6,9,11H,1-4,7,24H2,(H,25,28)(H,26,27). The van der Waals surface area contributed by atoms with Crippen LogP contribution in [0.2, 0.25) is 0 Å². The van der Waals surface area contributed by atoms with Gasteiger partial charge in [-0.05, 0) is 25.0 Å². The van der Waals surface area contributed by atoms with Crippen LogP contribution in [0.15, 0.2) is 12.1 Å². The summed E-state index contributed by atoms with van der Waals surface area (Å²) in [5.74, 6) is -0.821. The van der Waals surface area contributed by atoms with Crippen LogP contribution in [0, 0.1) is 5.92 Å². The summed E-state index contributed by atoms with van der Waals surface area (Å²) < 4.78 is 78.3. The quantitative estimate of drug-likeness (QED) is 0.677. The molecule has 1 aromatic heterocycles. The van der Waals surface area contributed by atoms with Crippen molar-refractivity contribution in [3.05, 3.63) is 29.1 Å². The smallest absolute Gasteiger partial charge is 0.349 e. The lowest BCUT2D eigenvalue weighted by atomic mass is 9.84. The molecular formula is C17H18F6N4O. The number of fused-ring (bicyclic) bond motifs is 1. The minimum absolute atomic E-state index is 0.0343. The average molecular weight is 408 g/mol. The van der Waals surface area contributed by atoms with Gasteiger partial charge in [0.05, 0.1) is 29.1 Å². The minimum Gasteiger partial charge on any atom is -0.349 e. The van der Waals surface area contributed by atoms with Crippen LogP contribution in [0.25, 0.3) is 11.0 Å². The van der Waals surface area contributed by atoms with Crippen molar-refractivity contribution < 1.29 is 31.1 Å². The Labute approximate surface area is 155 Å². The number of alkyl halides is 6. The molecule has 0 radical (unpaired) electrons. The number of imidazole rings is 1. The molecule has 1 aliphatic carbocycles. The van der Waals surface area contributed by atoms with E-state index in [-0.39, 0.29) is 30.4 Å². The second kappa shape index (κ2) is 7.26. The van der Waals surface area contributed by atoms with Gasteiger partial charge in [-0.3, -0.25) is 4.79 Å². The average Bonchev–Trinajstić information content (AvgIpc) is 3.00. The summed E-state index contributed by atoms with van der Waals surface area (Å²) in [7, 11) is 0. The van der Waals surface area contributed by atoms with Crippen molar-refractivity contribution in [3.63, 3.8) is 0 Å². The van der Waals surface area contributed by atoms with E-state index in [1.54, 1.807) is 0 Å². The highest BCUT2D eigenvalue weighted by Gasteiger charge is 2.39. The molecule has 0 bridgehead atoms. The van der Waals surface area contributed by atoms with Gasteiger partial charge in [0.25, 0.3) is 0 Å². The maximum absolute atomic E-state index is 13.2. The molecule has 1 saturated carbocycles. The molecule has 4 N–H and O–H groups in total. The number of carbonyl (C=O) groups excluding carboxylic acids is 1. The number of carbonyl (C=O) groups is 1. The third kappa shape index (κ3) is 4.23. The number of halogens is 6. The maximum Gasteiger partial charge on any atom is 0.418 e. The van der Waals surface area contributed by atoms with Gasteiger partial charge in [-0.1, -0.05) is 12.8 Å². The SMILES string of the molecule is NC1CCCCC1C(=O)NCc1nc2c(C(F)(F)F)cc(C(F)(F)F)cc2[nH]1. The lowest BCUT2D eigenvalue weighted by Crippen LogP contribution is -2.43. The fourth-order valence-electron chi connectivity index (χ4n) is 3.42. The number of benzene rings is 1. The Bertz CT molecular complexity index is 873. The third-order valence-corrected chi connectivity index (χ3v) is 4.85. The molecule has 1 aromatic carbocycles. The van der Waals surface area contributed by atoms with Crippen molar-refractivity contribution in [3.8, 4) is 0 Å². The van der Waals surface area contributed by atoms with E-state index in [0.29, 0.717) is 18.9 Å². The fraction of sp³-hybridized carbons (Fsp3) is 0.529. The lowest BCUT2D eigenvalue weighted by Gasteiger charge is -2.27. The normalized spacial score (nSPS) is 21.1. The molecule has 1 heterocycles. The van der Waals surface area contributed by atoms with Crippen LogP contribution in [0.1, 0.15) is 42.6 Å². The summed E-state index contributed by atoms with van der Waals surface area (Å²) in [6, 6.07) is 0.308. The molecule has 2 aromatic rings. The Balaban J connectivity index is 1.86. The number of aromatic nitrogens is 2. The number of hydrogen-bond donors (Lipinski definition) is 3. The van der Waals surface area contributed by atoms with Gasteiger partial charge in [0, 0.05) is 6.04 Å². The van der Waals surface area contributed by atoms with E-state index in [9.17, 15) is 31.1 Å². The highest BCUT2D eigenvalue weighted by molar-refractivity contribution is 5.81. The first-order chi connectivity index (χ1) is 13.0. The van der Waals surface area contributed by atoms with E-state index in [2.05, 4.69) is 15.3 Å². The van der Waals surface area contributed by atoms with E-state index < -0.39 is 40.4 Å². The number of nitrogens with zero attached hydrogens (tertiary/aromatic N) is 1. The molecule has 1 amide bonds. The summed E-state index contributed by atoms with van der Waals surface area (Å²) in [6.07, 6.45) is -6.85. The van der Waals surface area contributed by atoms with Crippen molar-refractivity contribution in [2.24, 2.45) is 11.7 Å². The number of H-pyrrole nitrogens is 1. The van der Waals surface area contributed by atoms with Gasteiger partial charge in [-0.15, -0.1) is 0 Å². The summed E-state index contributed by atoms with van der Waals surface area (Å²) in [5, 5.41) is 2.55. The predicted octanol–water partition coefficient (Wildman–Crippen LogP) is 3.73. The Kier molecular flexibility index (Phi) is 5.30. The zero-order valence-electron chi connectivity index (χ0n) is 14.5. The van der Waals surface area contributed by atoms with Gasteiger partial charge in [0.1, 0.15) is 11.3 Å². The number of amides is 1. The molecule has 154 valence electrons. The second-order valence-corrected chi connectivity index (χ2v) is 6.87. The summed E-state index contributed by atoms with van der Waals surface area (Å²) in [4.78, 5) is 18.4. The molecule has 1 fully saturated rings. The number of nitrogens with two attached hydrogens (primary N) is 1. The van der Waals surface area contributed by atoms with Crippen molar-refractivity contribution in [1.82, 2.24) is 15.3 Å². The molecule has 11 heteroatoms. The number of nitrogens with one attached hydrogen (secondary N) is 2. The largest absolute Gasteiger partial charge is 0.418 e. The van der Waals surface area contributed by atoms with Gasteiger partial charge in [-0.2, -0.15) is 26.3 Å². The molecule has 5 nitrogen and oxygen atoms in total. The van der Waals surface area contributed by atoms with Crippen molar-refractivity contribution >= 4 is 16.9 Å². The van der Waals surface area contributed by atoms with Crippen molar-refractivity contribution in [2.45, 2.75) is 50.6 Å². The van der Waals surface area contributed by atoms with Crippen LogP contribution in [-0.4, -0.2) is 21.9 Å². The van der Waals surface area contributed by atoms with Crippen LogP contribution in [0.4, 0.5) is 26.3 Å². The molecule has 2 unspecified atom stereocenters. The number of aromatic amines is 1. The molecular weight excluding hydrogens is 390 g/mol. The van der Waals surface area contributed by atoms with E-state index >= 15 is 0 Å². The molecule has 0 spiro atoms. The van der Waals surface area contributed by atoms with Crippen molar-refractivity contribution in [2.75, 3.05) is 0 Å². The first-order valence-corrected chi connectivity index (χ1v) is 8.67. The Morgan fingerprint density at radius 3 is 2.43 bits per heavy atom. The van der Waals surface area contributed by atoms with Crippen LogP contribution in [0.5, 0.6) is 0 Å². The predicted molar refractivity (Wildman–Crippen MR) is 87.9 cm³/mol. The molecule has 0 aliphatic heterocycles. The summed E-state index contributed by atoms with van der Waals surface area (Å²) in [5.41, 5.74) is 1.98. The molecule has 1 aliphatic rings. The molecule has 28 heavy (non-hydrogen) atoms. The molecule has 0 saturated heterocycles. The lowest BCUT2D eigenvalue weighted by molar-refractivity contribution is -0.142. The molecule has 3 rings (SSSR count). The van der Waals surface area contributed by atoms with Gasteiger partial charge in [-0.25, -0.2) is 4.98 Å². The van der Waals surface area contributed by atoms with Gasteiger partial charge in [0.15, 0.2) is 0 Å². The zero-order chi connectivity index (χ0) is 20.7. The van der Waals surface area contributed by atoms with E-state index in [4.69, 9.17) is 5.73 Å². The minimum atomic E-state index is -5.01. The van der Waals surface area contributed by atoms with E-state index in [1.807, 2.05) is 0 Å². The second-order valence-electron chi connectivity index (χ2n) is 6.87. The summed E-state index contributed by atoms with van der Waals surface area (Å²) >= 11 is 0. The monoisotopic (exact) mass is 408 g/mol. The third-order valence-electron chi connectivity index (χ3n) is 4.85. The zero-order valence-corrected chi connectivity index (χ0v) is 14.5. The van der Waals surface area contributed by atoms with Crippen LogP contribution >= 0.6 is 0 Å². The first-order valence-electron chi connectivity index (χ1n) is 8.67.